The summed E-state index contributed by atoms with van der Waals surface area (Å²) in [7, 11) is 1.60. The fourth-order valence-corrected chi connectivity index (χ4v) is 1.42. The second-order valence-electron chi connectivity index (χ2n) is 3.32. The number of hydrogen-bond donors (Lipinski definition) is 0. The van der Waals surface area contributed by atoms with Crippen molar-refractivity contribution in [2.45, 2.75) is 6.18 Å². The van der Waals surface area contributed by atoms with Crippen LogP contribution >= 0.6 is 0 Å². The molecule has 0 spiro atoms. The average Bonchev–Trinajstić information content (AvgIpc) is 2.64. The molecule has 0 atom stereocenters. The molecule has 1 heterocycles. The Morgan fingerprint density at radius 1 is 1.19 bits per heavy atom. The monoisotopic (exact) mass is 227 g/mol. The minimum atomic E-state index is -4.38. The first-order valence-corrected chi connectivity index (χ1v) is 4.51. The van der Waals surface area contributed by atoms with Crippen molar-refractivity contribution in [3.63, 3.8) is 0 Å². The summed E-state index contributed by atoms with van der Waals surface area (Å²) < 4.78 is 39.4. The molecule has 1 aromatic heterocycles. The molecule has 0 radical (unpaired) electrons. The molecule has 6 heteroatoms. The molecule has 0 aliphatic carbocycles. The highest BCUT2D eigenvalue weighted by Crippen LogP contribution is 2.35. The summed E-state index contributed by atoms with van der Waals surface area (Å²) in [6.07, 6.45) is -2.93. The number of alkyl halides is 3. The maximum absolute atomic E-state index is 12.7. The fraction of sp³-hybridized carbons (Fsp3) is 0.200. The third kappa shape index (κ3) is 1.91. The number of aromatic nitrogens is 3. The molecule has 3 nitrogen and oxygen atoms in total. The van der Waals surface area contributed by atoms with Gasteiger partial charge in [-0.15, -0.1) is 5.10 Å². The molecule has 2 rings (SSSR count). The number of aryl methyl sites for hydroxylation is 1. The number of rotatable bonds is 1. The molecular weight excluding hydrogens is 219 g/mol. The summed E-state index contributed by atoms with van der Waals surface area (Å²) in [5, 5.41) is 7.29. The largest absolute Gasteiger partial charge is 0.417 e. The van der Waals surface area contributed by atoms with Crippen molar-refractivity contribution < 1.29 is 13.2 Å². The summed E-state index contributed by atoms with van der Waals surface area (Å²) in [5.74, 6) is 0. The van der Waals surface area contributed by atoms with E-state index < -0.39 is 11.7 Å². The van der Waals surface area contributed by atoms with E-state index in [9.17, 15) is 13.2 Å². The maximum atomic E-state index is 12.7. The normalized spacial score (nSPS) is 11.8. The molecule has 0 amide bonds. The van der Waals surface area contributed by atoms with Crippen molar-refractivity contribution in [2.24, 2.45) is 7.05 Å². The first-order chi connectivity index (χ1) is 7.48. The van der Waals surface area contributed by atoms with Gasteiger partial charge in [-0.2, -0.15) is 13.2 Å². The van der Waals surface area contributed by atoms with E-state index in [2.05, 4.69) is 10.3 Å². The topological polar surface area (TPSA) is 30.7 Å². The van der Waals surface area contributed by atoms with Gasteiger partial charge in [0.1, 0.15) is 5.69 Å². The Morgan fingerprint density at radius 2 is 1.88 bits per heavy atom. The first kappa shape index (κ1) is 10.7. The molecule has 0 fully saturated rings. The van der Waals surface area contributed by atoms with Gasteiger partial charge in [-0.3, -0.25) is 4.68 Å². The molecule has 0 aliphatic heterocycles. The van der Waals surface area contributed by atoms with E-state index in [-0.39, 0.29) is 11.3 Å². The molecule has 0 saturated heterocycles. The highest BCUT2D eigenvalue weighted by molar-refractivity contribution is 5.63. The number of nitrogens with zero attached hydrogens (tertiary/aromatic N) is 3. The van der Waals surface area contributed by atoms with Crippen LogP contribution in [0.1, 0.15) is 5.56 Å². The number of benzene rings is 1. The van der Waals surface area contributed by atoms with E-state index in [0.717, 1.165) is 6.07 Å². The van der Waals surface area contributed by atoms with Crippen LogP contribution in [0, 0.1) is 0 Å². The van der Waals surface area contributed by atoms with E-state index in [0.29, 0.717) is 0 Å². The molecule has 0 saturated carbocycles. The molecule has 0 aliphatic rings. The van der Waals surface area contributed by atoms with Crippen molar-refractivity contribution >= 4 is 0 Å². The van der Waals surface area contributed by atoms with Crippen LogP contribution in [0.2, 0.25) is 0 Å². The lowest BCUT2D eigenvalue weighted by Gasteiger charge is -2.10. The zero-order valence-corrected chi connectivity index (χ0v) is 8.36. The van der Waals surface area contributed by atoms with Crippen molar-refractivity contribution in [3.8, 4) is 11.3 Å². The third-order valence-corrected chi connectivity index (χ3v) is 2.11. The van der Waals surface area contributed by atoms with Gasteiger partial charge in [0.15, 0.2) is 0 Å². The van der Waals surface area contributed by atoms with E-state index in [1.54, 1.807) is 13.1 Å². The van der Waals surface area contributed by atoms with Crippen LogP contribution in [0.5, 0.6) is 0 Å². The van der Waals surface area contributed by atoms with Crippen LogP contribution in [0.25, 0.3) is 11.3 Å². The molecule has 2 aromatic rings. The quantitative estimate of drug-likeness (QED) is 0.749. The summed E-state index contributed by atoms with van der Waals surface area (Å²) in [5.41, 5.74) is -0.436. The van der Waals surface area contributed by atoms with Crippen LogP contribution in [0.4, 0.5) is 13.2 Å². The minimum Gasteiger partial charge on any atom is -0.255 e. The average molecular weight is 227 g/mol. The van der Waals surface area contributed by atoms with Crippen LogP contribution in [-0.2, 0) is 13.2 Å². The van der Waals surface area contributed by atoms with Gasteiger partial charge < -0.3 is 0 Å². The molecule has 84 valence electrons. The van der Waals surface area contributed by atoms with Crippen LogP contribution in [0.15, 0.2) is 30.5 Å². The first-order valence-electron chi connectivity index (χ1n) is 4.51. The summed E-state index contributed by atoms with van der Waals surface area (Å²) >= 11 is 0. The molecule has 1 aromatic carbocycles. The van der Waals surface area contributed by atoms with Gasteiger partial charge in [0.05, 0.1) is 11.8 Å². The summed E-state index contributed by atoms with van der Waals surface area (Å²) in [4.78, 5) is 0. The lowest BCUT2D eigenvalue weighted by molar-refractivity contribution is -0.137. The van der Waals surface area contributed by atoms with Crippen molar-refractivity contribution in [2.75, 3.05) is 0 Å². The second kappa shape index (κ2) is 3.62. The van der Waals surface area contributed by atoms with E-state index >= 15 is 0 Å². The zero-order chi connectivity index (χ0) is 11.8. The third-order valence-electron chi connectivity index (χ3n) is 2.11. The van der Waals surface area contributed by atoms with Gasteiger partial charge in [0, 0.05) is 12.6 Å². The van der Waals surface area contributed by atoms with Crippen molar-refractivity contribution in [1.29, 1.82) is 0 Å². The van der Waals surface area contributed by atoms with Gasteiger partial charge in [0.25, 0.3) is 0 Å². The summed E-state index contributed by atoms with van der Waals surface area (Å²) in [6, 6.07) is 5.30. The Bertz CT molecular complexity index is 502. The van der Waals surface area contributed by atoms with Gasteiger partial charge in [0.2, 0.25) is 0 Å². The van der Waals surface area contributed by atoms with E-state index in [4.69, 9.17) is 0 Å². The molecule has 0 unspecified atom stereocenters. The highest BCUT2D eigenvalue weighted by atomic mass is 19.4. The second-order valence-corrected chi connectivity index (χ2v) is 3.32. The predicted molar refractivity (Wildman–Crippen MR) is 51.4 cm³/mol. The number of halogens is 3. The highest BCUT2D eigenvalue weighted by Gasteiger charge is 2.33. The fourth-order valence-electron chi connectivity index (χ4n) is 1.42. The van der Waals surface area contributed by atoms with E-state index in [1.807, 2.05) is 0 Å². The molecule has 16 heavy (non-hydrogen) atoms. The lowest BCUT2D eigenvalue weighted by Crippen LogP contribution is -2.06. The summed E-state index contributed by atoms with van der Waals surface area (Å²) in [6.45, 7) is 0. The zero-order valence-electron chi connectivity index (χ0n) is 8.36. The molecular formula is C10H8F3N3. The van der Waals surface area contributed by atoms with Gasteiger partial charge in [-0.1, -0.05) is 23.4 Å². The van der Waals surface area contributed by atoms with Crippen LogP contribution in [-0.4, -0.2) is 15.0 Å². The van der Waals surface area contributed by atoms with Gasteiger partial charge >= 0.3 is 6.18 Å². The van der Waals surface area contributed by atoms with Gasteiger partial charge in [-0.05, 0) is 6.07 Å². The van der Waals surface area contributed by atoms with Crippen LogP contribution in [0.3, 0.4) is 0 Å². The van der Waals surface area contributed by atoms with Crippen molar-refractivity contribution in [3.05, 3.63) is 36.0 Å². The molecule has 0 bridgehead atoms. The van der Waals surface area contributed by atoms with Crippen LogP contribution < -0.4 is 0 Å². The van der Waals surface area contributed by atoms with Gasteiger partial charge in [-0.25, -0.2) is 0 Å². The van der Waals surface area contributed by atoms with Crippen molar-refractivity contribution in [1.82, 2.24) is 15.0 Å². The SMILES string of the molecule is Cn1cc(-c2ccccc2C(F)(F)F)nn1. The smallest absolute Gasteiger partial charge is 0.255 e. The number of hydrogen-bond acceptors (Lipinski definition) is 2. The Balaban J connectivity index is 2.57. The predicted octanol–water partition coefficient (Wildman–Crippen LogP) is 2.50. The van der Waals surface area contributed by atoms with E-state index in [1.165, 1.54) is 23.0 Å². The maximum Gasteiger partial charge on any atom is 0.417 e. The Morgan fingerprint density at radius 3 is 2.44 bits per heavy atom. The Hall–Kier alpha value is -1.85. The standard InChI is InChI=1S/C10H8F3N3/c1-16-6-9(14-15-16)7-4-2-3-5-8(7)10(11,12)13/h2-6H,1H3. The lowest BCUT2D eigenvalue weighted by atomic mass is 10.1. The molecule has 0 N–H and O–H groups in total. The minimum absolute atomic E-state index is 0.0445. The Labute approximate surface area is 89.5 Å². The Kier molecular flexibility index (Phi) is 2.41.